The Bertz CT molecular complexity index is 655. The van der Waals surface area contributed by atoms with Gasteiger partial charge in [0.05, 0.1) is 6.61 Å². The Kier molecular flexibility index (Phi) is 5.50. The number of rotatable bonds is 5. The summed E-state index contributed by atoms with van der Waals surface area (Å²) >= 11 is 5.87. The van der Waals surface area contributed by atoms with Crippen LogP contribution in [0.3, 0.4) is 0 Å². The van der Waals surface area contributed by atoms with Crippen molar-refractivity contribution in [2.75, 3.05) is 6.61 Å². The molecule has 2 nitrogen and oxygen atoms in total. The molecule has 0 atom stereocenters. The predicted octanol–water partition coefficient (Wildman–Crippen LogP) is 4.00. The van der Waals surface area contributed by atoms with Crippen molar-refractivity contribution >= 4 is 29.0 Å². The Balaban J connectivity index is 2.43. The second kappa shape index (κ2) is 7.58. The van der Waals surface area contributed by atoms with Gasteiger partial charge in [-0.3, -0.25) is 4.79 Å². The lowest BCUT2D eigenvalue weighted by molar-refractivity contribution is -0.109. The van der Waals surface area contributed by atoms with Crippen LogP contribution in [0.1, 0.15) is 11.1 Å². The van der Waals surface area contributed by atoms with Gasteiger partial charge in [0, 0.05) is 10.6 Å². The summed E-state index contributed by atoms with van der Waals surface area (Å²) in [6, 6.07) is 16.7. The molecule has 0 saturated carbocycles. The number of benzene rings is 2. The number of hydrogen-bond donors (Lipinski definition) is 1. The number of carbonyl (C=O) groups excluding carboxylic acids is 1. The average Bonchev–Trinajstić information content (AvgIpc) is 2.53. The summed E-state index contributed by atoms with van der Waals surface area (Å²) < 4.78 is 0. The minimum absolute atomic E-state index is 0.148. The summed E-state index contributed by atoms with van der Waals surface area (Å²) in [5.74, 6) is -0.148. The van der Waals surface area contributed by atoms with Crippen molar-refractivity contribution in [1.29, 1.82) is 0 Å². The normalized spacial score (nSPS) is 11.8. The first kappa shape index (κ1) is 15.2. The van der Waals surface area contributed by atoms with E-state index in [2.05, 4.69) is 0 Å². The SMILES string of the molecule is O=C(/C=C/CO)/C(=C/c1ccc(Cl)cc1)c1ccccc1. The molecule has 0 radical (unpaired) electrons. The summed E-state index contributed by atoms with van der Waals surface area (Å²) in [7, 11) is 0. The number of halogens is 1. The van der Waals surface area contributed by atoms with E-state index in [0.717, 1.165) is 11.1 Å². The highest BCUT2D eigenvalue weighted by Crippen LogP contribution is 2.21. The molecule has 0 fully saturated rings. The zero-order chi connectivity index (χ0) is 15.1. The van der Waals surface area contributed by atoms with E-state index in [9.17, 15) is 4.79 Å². The minimum Gasteiger partial charge on any atom is -0.392 e. The summed E-state index contributed by atoms with van der Waals surface area (Å²) in [4.78, 5) is 12.3. The fourth-order valence-electron chi connectivity index (χ4n) is 1.89. The van der Waals surface area contributed by atoms with Gasteiger partial charge in [0.2, 0.25) is 0 Å². The van der Waals surface area contributed by atoms with Gasteiger partial charge in [-0.25, -0.2) is 0 Å². The number of aliphatic hydroxyl groups is 1. The largest absolute Gasteiger partial charge is 0.392 e. The molecule has 0 amide bonds. The zero-order valence-corrected chi connectivity index (χ0v) is 12.1. The molecule has 2 aromatic carbocycles. The predicted molar refractivity (Wildman–Crippen MR) is 87.0 cm³/mol. The first-order chi connectivity index (χ1) is 10.2. The van der Waals surface area contributed by atoms with E-state index in [1.54, 1.807) is 12.1 Å². The van der Waals surface area contributed by atoms with Crippen LogP contribution in [0.25, 0.3) is 11.6 Å². The number of allylic oxidation sites excluding steroid dienone is 2. The van der Waals surface area contributed by atoms with E-state index in [0.29, 0.717) is 10.6 Å². The Morgan fingerprint density at radius 2 is 1.71 bits per heavy atom. The molecule has 0 spiro atoms. The maximum absolute atomic E-state index is 12.3. The fraction of sp³-hybridized carbons (Fsp3) is 0.0556. The van der Waals surface area contributed by atoms with E-state index in [1.165, 1.54) is 12.2 Å². The molecular formula is C18H15ClO2. The molecule has 0 unspecified atom stereocenters. The molecule has 0 bridgehead atoms. The highest BCUT2D eigenvalue weighted by molar-refractivity contribution is 6.31. The first-order valence-corrected chi connectivity index (χ1v) is 6.93. The van der Waals surface area contributed by atoms with Crippen LogP contribution in [0.2, 0.25) is 5.02 Å². The van der Waals surface area contributed by atoms with Crippen LogP contribution < -0.4 is 0 Å². The van der Waals surface area contributed by atoms with E-state index in [-0.39, 0.29) is 12.4 Å². The van der Waals surface area contributed by atoms with E-state index in [1.807, 2.05) is 48.5 Å². The van der Waals surface area contributed by atoms with Crippen LogP contribution in [0.5, 0.6) is 0 Å². The van der Waals surface area contributed by atoms with Crippen LogP contribution in [-0.2, 0) is 4.79 Å². The molecule has 0 aromatic heterocycles. The molecule has 0 saturated heterocycles. The number of hydrogen-bond acceptors (Lipinski definition) is 2. The molecule has 2 rings (SSSR count). The molecule has 21 heavy (non-hydrogen) atoms. The van der Waals surface area contributed by atoms with Crippen molar-refractivity contribution < 1.29 is 9.90 Å². The number of carbonyl (C=O) groups is 1. The van der Waals surface area contributed by atoms with Gasteiger partial charge in [-0.15, -0.1) is 0 Å². The lowest BCUT2D eigenvalue weighted by atomic mass is 9.98. The summed E-state index contributed by atoms with van der Waals surface area (Å²) in [5, 5.41) is 9.47. The summed E-state index contributed by atoms with van der Waals surface area (Å²) in [6.45, 7) is -0.158. The monoisotopic (exact) mass is 298 g/mol. The third kappa shape index (κ3) is 4.42. The van der Waals surface area contributed by atoms with Crippen LogP contribution in [0.15, 0.2) is 66.7 Å². The minimum atomic E-state index is -0.158. The second-order valence-corrected chi connectivity index (χ2v) is 4.86. The first-order valence-electron chi connectivity index (χ1n) is 6.55. The van der Waals surface area contributed by atoms with E-state index in [4.69, 9.17) is 16.7 Å². The van der Waals surface area contributed by atoms with Gasteiger partial charge in [0.15, 0.2) is 5.78 Å². The Morgan fingerprint density at radius 3 is 2.33 bits per heavy atom. The molecule has 0 aliphatic rings. The van der Waals surface area contributed by atoms with Gasteiger partial charge in [0.1, 0.15) is 0 Å². The van der Waals surface area contributed by atoms with Crippen molar-refractivity contribution in [2.45, 2.75) is 0 Å². The van der Waals surface area contributed by atoms with Gasteiger partial charge in [-0.1, -0.05) is 60.1 Å². The van der Waals surface area contributed by atoms with Crippen LogP contribution in [-0.4, -0.2) is 17.5 Å². The standard InChI is InChI=1S/C18H15ClO2/c19-16-10-8-14(9-11-16)13-17(18(21)7-4-12-20)15-5-2-1-3-6-15/h1-11,13,20H,12H2/b7-4+,17-13+. The number of aliphatic hydroxyl groups excluding tert-OH is 1. The van der Waals surface area contributed by atoms with Crippen molar-refractivity contribution in [3.05, 3.63) is 82.9 Å². The van der Waals surface area contributed by atoms with Gasteiger partial charge < -0.3 is 5.11 Å². The molecule has 106 valence electrons. The number of ketones is 1. The Labute approximate surface area is 129 Å². The van der Waals surface area contributed by atoms with Crippen molar-refractivity contribution in [3.8, 4) is 0 Å². The quantitative estimate of drug-likeness (QED) is 0.669. The van der Waals surface area contributed by atoms with Gasteiger partial charge in [0.25, 0.3) is 0 Å². The Hall–Kier alpha value is -2.16. The summed E-state index contributed by atoms with van der Waals surface area (Å²) in [5.41, 5.74) is 2.30. The van der Waals surface area contributed by atoms with E-state index < -0.39 is 0 Å². The van der Waals surface area contributed by atoms with Crippen LogP contribution in [0, 0.1) is 0 Å². The Morgan fingerprint density at radius 1 is 1.05 bits per heavy atom. The third-order valence-electron chi connectivity index (χ3n) is 2.91. The molecule has 0 aliphatic carbocycles. The molecular weight excluding hydrogens is 284 g/mol. The third-order valence-corrected chi connectivity index (χ3v) is 3.16. The lowest BCUT2D eigenvalue weighted by Gasteiger charge is -2.05. The lowest BCUT2D eigenvalue weighted by Crippen LogP contribution is -1.98. The summed E-state index contributed by atoms with van der Waals surface area (Å²) in [6.07, 6.45) is 4.63. The van der Waals surface area contributed by atoms with Gasteiger partial charge in [-0.05, 0) is 35.4 Å². The molecule has 1 N–H and O–H groups in total. The van der Waals surface area contributed by atoms with Gasteiger partial charge >= 0.3 is 0 Å². The zero-order valence-electron chi connectivity index (χ0n) is 11.4. The maximum atomic E-state index is 12.3. The molecule has 2 aromatic rings. The van der Waals surface area contributed by atoms with Crippen LogP contribution >= 0.6 is 11.6 Å². The maximum Gasteiger partial charge on any atom is 0.186 e. The second-order valence-electron chi connectivity index (χ2n) is 4.42. The highest BCUT2D eigenvalue weighted by Gasteiger charge is 2.09. The van der Waals surface area contributed by atoms with Crippen molar-refractivity contribution in [1.82, 2.24) is 0 Å². The van der Waals surface area contributed by atoms with E-state index >= 15 is 0 Å². The topological polar surface area (TPSA) is 37.3 Å². The highest BCUT2D eigenvalue weighted by atomic mass is 35.5. The molecule has 0 aliphatic heterocycles. The van der Waals surface area contributed by atoms with Crippen molar-refractivity contribution in [2.24, 2.45) is 0 Å². The molecule has 0 heterocycles. The molecule has 3 heteroatoms. The average molecular weight is 299 g/mol. The van der Waals surface area contributed by atoms with Crippen LogP contribution in [0.4, 0.5) is 0 Å². The van der Waals surface area contributed by atoms with Gasteiger partial charge in [-0.2, -0.15) is 0 Å². The smallest absolute Gasteiger partial charge is 0.186 e. The fourth-order valence-corrected chi connectivity index (χ4v) is 2.02. The van der Waals surface area contributed by atoms with Crippen molar-refractivity contribution in [3.63, 3.8) is 0 Å².